The molecule has 6 heterocycles. The summed E-state index contributed by atoms with van der Waals surface area (Å²) in [6.45, 7) is 0. The summed E-state index contributed by atoms with van der Waals surface area (Å²) in [4.78, 5) is 13.6. The van der Waals surface area contributed by atoms with E-state index in [1.165, 1.54) is 82.3 Å². The average Bonchev–Trinajstić information content (AvgIpc) is 3.91. The van der Waals surface area contributed by atoms with Gasteiger partial charge >= 0.3 is 0 Å². The van der Waals surface area contributed by atoms with Crippen molar-refractivity contribution in [1.82, 2.24) is 28.7 Å². The number of fused-ring (bicyclic) bond motifs is 9. The standard InChI is InChI=1S/3C18H14N2/c1-20-17-10-6-5-9-14(17)16-12-19-11-15(18(16)20)13-7-3-2-4-8-13;1-20-16-10-6-5-9-15(16)17-18(20)14(11-12-19-17)13-7-3-2-4-8-13;1-20-16-10-6-5-9-14(16)15-11-12-19-17(18(15)20)13-7-3-2-4-8-13/h3*2-12H,1H3. The largest absolute Gasteiger partial charge is 0.343 e. The number of rotatable bonds is 3. The van der Waals surface area contributed by atoms with E-state index < -0.39 is 0 Å². The maximum Gasteiger partial charge on any atom is 0.0966 e. The quantitative estimate of drug-likeness (QED) is 0.180. The molecular formula is C54H42N6. The van der Waals surface area contributed by atoms with Gasteiger partial charge in [0.15, 0.2) is 0 Å². The number of nitrogens with zero attached hydrogens (tertiary/aromatic N) is 6. The van der Waals surface area contributed by atoms with Gasteiger partial charge in [0.1, 0.15) is 0 Å². The first-order valence-corrected chi connectivity index (χ1v) is 20.2. The monoisotopic (exact) mass is 774 g/mol. The van der Waals surface area contributed by atoms with E-state index in [9.17, 15) is 0 Å². The van der Waals surface area contributed by atoms with Gasteiger partial charge in [0.25, 0.3) is 0 Å². The fourth-order valence-corrected chi connectivity index (χ4v) is 8.82. The Hall–Kier alpha value is -7.83. The number of aromatic nitrogens is 6. The van der Waals surface area contributed by atoms with Crippen LogP contribution in [0, 0.1) is 0 Å². The molecule has 0 aliphatic rings. The highest BCUT2D eigenvalue weighted by molar-refractivity contribution is 6.13. The molecule has 0 saturated heterocycles. The van der Waals surface area contributed by atoms with Crippen LogP contribution in [0.4, 0.5) is 0 Å². The highest BCUT2D eigenvalue weighted by Crippen LogP contribution is 2.36. The van der Waals surface area contributed by atoms with Gasteiger partial charge in [-0.15, -0.1) is 0 Å². The number of hydrogen-bond donors (Lipinski definition) is 0. The molecule has 0 unspecified atom stereocenters. The number of benzene rings is 6. The van der Waals surface area contributed by atoms with Crippen molar-refractivity contribution in [2.75, 3.05) is 0 Å². The number of pyridine rings is 3. The summed E-state index contributed by atoms with van der Waals surface area (Å²) in [6.07, 6.45) is 7.72. The highest BCUT2D eigenvalue weighted by atomic mass is 15.0. The minimum absolute atomic E-state index is 1.04. The summed E-state index contributed by atoms with van der Waals surface area (Å²) in [5.74, 6) is 0. The minimum atomic E-state index is 1.04. The van der Waals surface area contributed by atoms with Crippen LogP contribution in [-0.2, 0) is 21.1 Å². The molecule has 12 rings (SSSR count). The first-order chi connectivity index (χ1) is 29.6. The van der Waals surface area contributed by atoms with Crippen LogP contribution in [0.15, 0.2) is 201 Å². The Balaban J connectivity index is 0.000000108. The van der Waals surface area contributed by atoms with Crippen molar-refractivity contribution < 1.29 is 0 Å². The molecule has 0 bridgehead atoms. The van der Waals surface area contributed by atoms with Crippen molar-refractivity contribution in [2.24, 2.45) is 21.1 Å². The molecule has 0 fully saturated rings. The third kappa shape index (κ3) is 6.26. The van der Waals surface area contributed by atoms with Gasteiger partial charge in [0.05, 0.1) is 33.3 Å². The van der Waals surface area contributed by atoms with Crippen molar-refractivity contribution in [2.45, 2.75) is 0 Å². The van der Waals surface area contributed by atoms with Crippen molar-refractivity contribution in [3.05, 3.63) is 201 Å². The van der Waals surface area contributed by atoms with E-state index in [0.29, 0.717) is 0 Å². The van der Waals surface area contributed by atoms with E-state index in [1.54, 1.807) is 0 Å². The molecule has 6 heteroatoms. The normalized spacial score (nSPS) is 11.2. The van der Waals surface area contributed by atoms with Crippen LogP contribution in [0.3, 0.4) is 0 Å². The molecule has 0 atom stereocenters. The lowest BCUT2D eigenvalue weighted by atomic mass is 10.1. The SMILES string of the molecule is Cn1c2ccccc2c2ccnc(-c3ccccc3)c21.Cn1c2ccccc2c2cncc(-c3ccccc3)c21.Cn1c2ccccc2c2nccc(-c3ccccc3)c21. The Morgan fingerprint density at radius 1 is 0.333 bits per heavy atom. The molecule has 0 aliphatic carbocycles. The molecule has 0 radical (unpaired) electrons. The van der Waals surface area contributed by atoms with E-state index in [0.717, 1.165) is 16.8 Å². The molecule has 0 amide bonds. The van der Waals surface area contributed by atoms with Crippen LogP contribution >= 0.6 is 0 Å². The van der Waals surface area contributed by atoms with Gasteiger partial charge in [0, 0.05) is 101 Å². The first-order valence-electron chi connectivity index (χ1n) is 20.2. The van der Waals surface area contributed by atoms with Gasteiger partial charge in [0.2, 0.25) is 0 Å². The smallest absolute Gasteiger partial charge is 0.0966 e. The molecular weight excluding hydrogens is 733 g/mol. The highest BCUT2D eigenvalue weighted by Gasteiger charge is 2.15. The summed E-state index contributed by atoms with van der Waals surface area (Å²) >= 11 is 0. The zero-order valence-corrected chi connectivity index (χ0v) is 33.7. The maximum atomic E-state index is 4.61. The molecule has 60 heavy (non-hydrogen) atoms. The molecule has 12 aromatic rings. The average molecular weight is 775 g/mol. The van der Waals surface area contributed by atoms with Crippen LogP contribution in [0.2, 0.25) is 0 Å². The molecule has 6 nitrogen and oxygen atoms in total. The van der Waals surface area contributed by atoms with E-state index in [2.05, 4.69) is 208 Å². The fraction of sp³-hybridized carbons (Fsp3) is 0.0556. The van der Waals surface area contributed by atoms with Crippen LogP contribution in [0.1, 0.15) is 0 Å². The third-order valence-corrected chi connectivity index (χ3v) is 11.6. The molecule has 0 N–H and O–H groups in total. The Morgan fingerprint density at radius 3 is 1.43 bits per heavy atom. The fourth-order valence-electron chi connectivity index (χ4n) is 8.82. The van der Waals surface area contributed by atoms with Crippen LogP contribution in [-0.4, -0.2) is 28.7 Å². The van der Waals surface area contributed by atoms with Crippen LogP contribution in [0.5, 0.6) is 0 Å². The molecule has 288 valence electrons. The summed E-state index contributed by atoms with van der Waals surface area (Å²) in [5, 5.41) is 6.23. The van der Waals surface area contributed by atoms with Gasteiger partial charge in [-0.2, -0.15) is 0 Å². The Bertz CT molecular complexity index is 3080. The second kappa shape index (κ2) is 15.5. The van der Waals surface area contributed by atoms with Gasteiger partial charge in [-0.3, -0.25) is 15.0 Å². The maximum absolute atomic E-state index is 4.61. The topological polar surface area (TPSA) is 53.5 Å². The van der Waals surface area contributed by atoms with Crippen molar-refractivity contribution >= 4 is 65.5 Å². The van der Waals surface area contributed by atoms with Crippen molar-refractivity contribution in [3.8, 4) is 33.5 Å². The Kier molecular flexibility index (Phi) is 9.43. The van der Waals surface area contributed by atoms with Crippen molar-refractivity contribution in [1.29, 1.82) is 0 Å². The second-order valence-electron chi connectivity index (χ2n) is 15.0. The third-order valence-electron chi connectivity index (χ3n) is 11.6. The molecule has 0 saturated carbocycles. The summed E-state index contributed by atoms with van der Waals surface area (Å²) in [6, 6.07) is 60.9. The Labute approximate surface area is 348 Å². The van der Waals surface area contributed by atoms with E-state index in [-0.39, 0.29) is 0 Å². The molecule has 0 aliphatic heterocycles. The number of para-hydroxylation sites is 3. The summed E-state index contributed by atoms with van der Waals surface area (Å²) in [7, 11) is 6.34. The second-order valence-corrected chi connectivity index (χ2v) is 15.0. The zero-order valence-electron chi connectivity index (χ0n) is 33.7. The number of hydrogen-bond acceptors (Lipinski definition) is 3. The van der Waals surface area contributed by atoms with E-state index >= 15 is 0 Å². The van der Waals surface area contributed by atoms with Gasteiger partial charge in [-0.1, -0.05) is 146 Å². The molecule has 6 aromatic carbocycles. The minimum Gasteiger partial charge on any atom is -0.343 e. The van der Waals surface area contributed by atoms with Crippen LogP contribution < -0.4 is 0 Å². The predicted octanol–water partition coefficient (Wildman–Crippen LogP) is 13.2. The van der Waals surface area contributed by atoms with Crippen LogP contribution in [0.25, 0.3) is 99.1 Å². The van der Waals surface area contributed by atoms with Crippen molar-refractivity contribution in [3.63, 3.8) is 0 Å². The lowest BCUT2D eigenvalue weighted by Gasteiger charge is -2.06. The zero-order chi connectivity index (χ0) is 40.6. The van der Waals surface area contributed by atoms with E-state index in [4.69, 9.17) is 0 Å². The lowest BCUT2D eigenvalue weighted by molar-refractivity contribution is 1.01. The summed E-state index contributed by atoms with van der Waals surface area (Å²) in [5.41, 5.74) is 15.5. The van der Waals surface area contributed by atoms with Gasteiger partial charge in [-0.25, -0.2) is 0 Å². The first kappa shape index (κ1) is 36.5. The van der Waals surface area contributed by atoms with Gasteiger partial charge in [-0.05, 0) is 41.5 Å². The van der Waals surface area contributed by atoms with Gasteiger partial charge < -0.3 is 13.7 Å². The molecule has 6 aromatic heterocycles. The predicted molar refractivity (Wildman–Crippen MR) is 251 cm³/mol. The number of aryl methyl sites for hydroxylation is 3. The lowest BCUT2D eigenvalue weighted by Crippen LogP contribution is -1.91. The Morgan fingerprint density at radius 2 is 0.800 bits per heavy atom. The summed E-state index contributed by atoms with van der Waals surface area (Å²) < 4.78 is 6.73. The molecule has 0 spiro atoms. The van der Waals surface area contributed by atoms with E-state index in [1.807, 2.05) is 43.0 Å².